The molecule has 0 radical (unpaired) electrons. The van der Waals surface area contributed by atoms with Crippen LogP contribution < -0.4 is 0 Å². The number of amides is 1. The lowest BCUT2D eigenvalue weighted by Gasteiger charge is -2.17. The molecule has 0 aliphatic carbocycles. The molecule has 1 rings (SSSR count). The van der Waals surface area contributed by atoms with Crippen LogP contribution in [-0.2, 0) is 11.3 Å². The molecule has 0 bridgehead atoms. The summed E-state index contributed by atoms with van der Waals surface area (Å²) in [7, 11) is 0. The highest BCUT2D eigenvalue weighted by molar-refractivity contribution is 5.76. The van der Waals surface area contributed by atoms with Crippen LogP contribution in [0.2, 0.25) is 0 Å². The summed E-state index contributed by atoms with van der Waals surface area (Å²) in [6.45, 7) is 1.40. The van der Waals surface area contributed by atoms with E-state index in [-0.39, 0.29) is 19.0 Å². The number of carbonyl (C=O) groups excluding carboxylic acids is 1. The van der Waals surface area contributed by atoms with Crippen LogP contribution >= 0.6 is 0 Å². The second-order valence-electron chi connectivity index (χ2n) is 3.68. The number of carbonyl (C=O) groups is 1. The minimum absolute atomic E-state index is 0.0213. The zero-order valence-corrected chi connectivity index (χ0v) is 9.80. The Kier molecular flexibility index (Phi) is 5.47. The van der Waals surface area contributed by atoms with Crippen LogP contribution in [0.25, 0.3) is 0 Å². The summed E-state index contributed by atoms with van der Waals surface area (Å²) in [4.78, 5) is 13.3. The molecule has 0 spiro atoms. The lowest BCUT2D eigenvalue weighted by atomic mass is 10.2. The van der Waals surface area contributed by atoms with Gasteiger partial charge in [0.15, 0.2) is 0 Å². The van der Waals surface area contributed by atoms with E-state index < -0.39 is 0 Å². The van der Waals surface area contributed by atoms with E-state index >= 15 is 0 Å². The van der Waals surface area contributed by atoms with Crippen LogP contribution in [0, 0.1) is 24.7 Å². The first-order valence-corrected chi connectivity index (χ1v) is 5.53. The molecule has 0 aliphatic heterocycles. The van der Waals surface area contributed by atoms with Crippen molar-refractivity contribution < 1.29 is 4.79 Å². The van der Waals surface area contributed by atoms with Crippen LogP contribution in [0.1, 0.15) is 12.8 Å². The highest BCUT2D eigenvalue weighted by Gasteiger charge is 2.10. The third-order valence-electron chi connectivity index (χ3n) is 2.39. The van der Waals surface area contributed by atoms with Crippen molar-refractivity contribution >= 4 is 5.91 Å². The Hall–Kier alpha value is -2.13. The van der Waals surface area contributed by atoms with E-state index in [9.17, 15) is 4.79 Å². The van der Waals surface area contributed by atoms with E-state index in [2.05, 4.69) is 11.8 Å². The molecule has 3 nitrogen and oxygen atoms in total. The summed E-state index contributed by atoms with van der Waals surface area (Å²) in [5.41, 5.74) is 0. The van der Waals surface area contributed by atoms with Crippen LogP contribution in [0.15, 0.2) is 24.5 Å². The van der Waals surface area contributed by atoms with Gasteiger partial charge in [0, 0.05) is 25.4 Å². The molecule has 0 aliphatic rings. The third kappa shape index (κ3) is 4.49. The molecule has 3 heteroatoms. The van der Waals surface area contributed by atoms with E-state index in [1.807, 2.05) is 29.1 Å². The first kappa shape index (κ1) is 12.9. The van der Waals surface area contributed by atoms with Gasteiger partial charge in [-0.15, -0.1) is 12.8 Å². The SMILES string of the molecule is C#CCN(CC#C)C(=O)CCCn1cccc1. The minimum atomic E-state index is 0.0213. The van der Waals surface area contributed by atoms with E-state index in [0.29, 0.717) is 6.42 Å². The molecule has 88 valence electrons. The number of aryl methyl sites for hydroxylation is 1. The average molecular weight is 228 g/mol. The van der Waals surface area contributed by atoms with Gasteiger partial charge in [0.2, 0.25) is 5.91 Å². The van der Waals surface area contributed by atoms with Gasteiger partial charge in [0.25, 0.3) is 0 Å². The lowest BCUT2D eigenvalue weighted by molar-refractivity contribution is -0.130. The molecule has 0 N–H and O–H groups in total. The molecule has 0 unspecified atom stereocenters. The van der Waals surface area contributed by atoms with Crippen molar-refractivity contribution in [2.24, 2.45) is 0 Å². The maximum absolute atomic E-state index is 11.8. The highest BCUT2D eigenvalue weighted by Crippen LogP contribution is 2.01. The maximum Gasteiger partial charge on any atom is 0.224 e. The molecule has 1 heterocycles. The highest BCUT2D eigenvalue weighted by atomic mass is 16.2. The Bertz CT molecular complexity index is 404. The van der Waals surface area contributed by atoms with Crippen molar-refractivity contribution in [3.63, 3.8) is 0 Å². The van der Waals surface area contributed by atoms with Crippen molar-refractivity contribution in [2.75, 3.05) is 13.1 Å². The van der Waals surface area contributed by atoms with E-state index in [1.165, 1.54) is 4.90 Å². The summed E-state index contributed by atoms with van der Waals surface area (Å²) >= 11 is 0. The van der Waals surface area contributed by atoms with Crippen LogP contribution in [0.4, 0.5) is 0 Å². The number of hydrogen-bond acceptors (Lipinski definition) is 1. The van der Waals surface area contributed by atoms with Gasteiger partial charge >= 0.3 is 0 Å². The van der Waals surface area contributed by atoms with E-state index in [4.69, 9.17) is 12.8 Å². The van der Waals surface area contributed by atoms with Gasteiger partial charge in [-0.1, -0.05) is 11.8 Å². The zero-order chi connectivity index (χ0) is 12.5. The Labute approximate surface area is 102 Å². The fraction of sp³-hybridized carbons (Fsp3) is 0.357. The maximum atomic E-state index is 11.8. The van der Waals surface area contributed by atoms with E-state index in [0.717, 1.165) is 13.0 Å². The molecule has 17 heavy (non-hydrogen) atoms. The molecule has 0 aromatic carbocycles. The molecule has 1 aromatic rings. The Morgan fingerprint density at radius 3 is 2.29 bits per heavy atom. The van der Waals surface area contributed by atoms with Gasteiger partial charge in [-0.2, -0.15) is 0 Å². The van der Waals surface area contributed by atoms with Crippen molar-refractivity contribution in [3.8, 4) is 24.7 Å². The van der Waals surface area contributed by atoms with Gasteiger partial charge in [-0.25, -0.2) is 0 Å². The quantitative estimate of drug-likeness (QED) is 0.675. The minimum Gasteiger partial charge on any atom is -0.354 e. The molecule has 0 saturated carbocycles. The predicted molar refractivity (Wildman–Crippen MR) is 67.9 cm³/mol. The van der Waals surface area contributed by atoms with Crippen molar-refractivity contribution in [1.82, 2.24) is 9.47 Å². The molecule has 1 amide bonds. The molecular formula is C14H16N2O. The predicted octanol–water partition coefficient (Wildman–Crippen LogP) is 1.36. The fourth-order valence-corrected chi connectivity index (χ4v) is 1.54. The monoisotopic (exact) mass is 228 g/mol. The van der Waals surface area contributed by atoms with Crippen molar-refractivity contribution in [2.45, 2.75) is 19.4 Å². The number of nitrogens with zero attached hydrogens (tertiary/aromatic N) is 2. The second-order valence-corrected chi connectivity index (χ2v) is 3.68. The number of aromatic nitrogens is 1. The lowest BCUT2D eigenvalue weighted by Crippen LogP contribution is -2.31. The fourth-order valence-electron chi connectivity index (χ4n) is 1.54. The van der Waals surface area contributed by atoms with Gasteiger partial charge in [0.05, 0.1) is 13.1 Å². The third-order valence-corrected chi connectivity index (χ3v) is 2.39. The molecule has 1 aromatic heterocycles. The van der Waals surface area contributed by atoms with Crippen LogP contribution in [-0.4, -0.2) is 28.5 Å². The van der Waals surface area contributed by atoms with Crippen molar-refractivity contribution in [1.29, 1.82) is 0 Å². The number of rotatable bonds is 6. The topological polar surface area (TPSA) is 25.2 Å². The Morgan fingerprint density at radius 2 is 1.76 bits per heavy atom. The number of terminal acetylenes is 2. The average Bonchev–Trinajstić information content (AvgIpc) is 2.81. The summed E-state index contributed by atoms with van der Waals surface area (Å²) in [5, 5.41) is 0. The summed E-state index contributed by atoms with van der Waals surface area (Å²) in [6.07, 6.45) is 15.6. The first-order valence-electron chi connectivity index (χ1n) is 5.53. The normalized spacial score (nSPS) is 9.29. The van der Waals surface area contributed by atoms with Gasteiger partial charge in [0.1, 0.15) is 0 Å². The molecule has 0 atom stereocenters. The zero-order valence-electron chi connectivity index (χ0n) is 9.80. The second kappa shape index (κ2) is 7.19. The van der Waals surface area contributed by atoms with Gasteiger partial charge in [-0.05, 0) is 18.6 Å². The van der Waals surface area contributed by atoms with Gasteiger partial charge < -0.3 is 9.47 Å². The Balaban J connectivity index is 2.32. The standard InChI is InChI=1S/C14H16N2O/c1-3-9-16(10-4-2)14(17)8-7-13-15-11-5-6-12-15/h1-2,5-6,11-12H,7-10,13H2. The van der Waals surface area contributed by atoms with E-state index in [1.54, 1.807) is 0 Å². The molecule has 0 saturated heterocycles. The van der Waals surface area contributed by atoms with Crippen LogP contribution in [0.5, 0.6) is 0 Å². The van der Waals surface area contributed by atoms with Crippen LogP contribution in [0.3, 0.4) is 0 Å². The Morgan fingerprint density at radius 1 is 1.18 bits per heavy atom. The summed E-state index contributed by atoms with van der Waals surface area (Å²) in [5.74, 6) is 4.90. The number of hydrogen-bond donors (Lipinski definition) is 0. The molecule has 0 fully saturated rings. The van der Waals surface area contributed by atoms with Crippen molar-refractivity contribution in [3.05, 3.63) is 24.5 Å². The van der Waals surface area contributed by atoms with Gasteiger partial charge in [-0.3, -0.25) is 4.79 Å². The smallest absolute Gasteiger partial charge is 0.224 e. The summed E-state index contributed by atoms with van der Waals surface area (Å²) in [6, 6.07) is 3.93. The largest absolute Gasteiger partial charge is 0.354 e. The summed E-state index contributed by atoms with van der Waals surface area (Å²) < 4.78 is 2.04. The first-order chi connectivity index (χ1) is 8.27. The molecular weight excluding hydrogens is 212 g/mol.